The summed E-state index contributed by atoms with van der Waals surface area (Å²) in [6.07, 6.45) is 2.31. The lowest BCUT2D eigenvalue weighted by molar-refractivity contribution is -0.0557. The molecule has 14 rings (SSSR count). The number of piperazine rings is 2. The number of aromatic nitrogens is 10. The molecule has 2 atom stereocenters. The van der Waals surface area contributed by atoms with Crippen molar-refractivity contribution >= 4 is 84.0 Å². The number of halogens is 2. The lowest BCUT2D eigenvalue weighted by atomic mass is 10.2. The molecule has 10 aromatic rings. The minimum atomic E-state index is -0.582. The number of carbonyl (C=O) groups excluding carboxylic acids is 1. The number of furan rings is 2. The topological polar surface area (TPSA) is 300 Å². The molecule has 0 saturated carbocycles. The van der Waals surface area contributed by atoms with Gasteiger partial charge in [0.15, 0.2) is 34.1 Å². The molecule has 91 heavy (non-hydrogen) atoms. The first-order valence-corrected chi connectivity index (χ1v) is 31.6. The van der Waals surface area contributed by atoms with Gasteiger partial charge < -0.3 is 64.0 Å². The lowest BCUT2D eigenvalue weighted by Crippen LogP contribution is -2.49. The summed E-state index contributed by atoms with van der Waals surface area (Å²) in [6, 6.07) is 16.9. The molecule has 0 bridgehead atoms. The number of anilines is 4. The standard InChI is InChI=1S/C32H38FN9O6S.C27H30FN9O4S/c1-32(2,3)48-30(43)40-14-16-45-21(18-40)19-47-20-6-7-23(22(33)17-20)39-11-8-38(9-12-39)10-13-41-27-25(49-31(41)44)28-35-26(24-5-4-15-46-24)37-42(28)29(34)36-27;28-19-14-17(41-16-18-15-30-5-13-39-18)3-4-20(19)35-9-6-34(7-10-35)8-11-36-24-22(42-27(36)38)25-31-23(21-2-1-12-40-21)33-37(25)26(29)32-24/h4-7,15,17,21H,8-14,16,18-19H2,1-3H3,(H2,34,36);1-4,12,14,18,30H,5-11,13,15-16H2,(H2,29,32). The van der Waals surface area contributed by atoms with E-state index in [1.54, 1.807) is 68.8 Å². The Morgan fingerprint density at radius 2 is 1.13 bits per heavy atom. The van der Waals surface area contributed by atoms with Gasteiger partial charge in [-0.05, 0) is 69.3 Å². The number of nitrogens with one attached hydrogen (secondary N) is 1. The quantitative estimate of drug-likeness (QED) is 0.115. The predicted molar refractivity (Wildman–Crippen MR) is 336 cm³/mol. The summed E-state index contributed by atoms with van der Waals surface area (Å²) in [5.41, 5.74) is 14.8. The Morgan fingerprint density at radius 3 is 1.58 bits per heavy atom. The highest BCUT2D eigenvalue weighted by Gasteiger charge is 2.30. The van der Waals surface area contributed by atoms with E-state index >= 15 is 4.39 Å². The van der Waals surface area contributed by atoms with Crippen LogP contribution in [0.4, 0.5) is 36.8 Å². The fourth-order valence-corrected chi connectivity index (χ4v) is 13.1. The third-order valence-corrected chi connectivity index (χ3v) is 17.9. The van der Waals surface area contributed by atoms with E-state index in [4.69, 9.17) is 44.0 Å². The first-order chi connectivity index (χ1) is 44.0. The lowest BCUT2D eigenvalue weighted by Gasteiger charge is -2.36. The van der Waals surface area contributed by atoms with Crippen molar-refractivity contribution in [2.75, 3.05) is 139 Å². The molecule has 32 heteroatoms. The van der Waals surface area contributed by atoms with E-state index in [-0.39, 0.29) is 58.2 Å². The highest BCUT2D eigenvalue weighted by atomic mass is 32.1. The van der Waals surface area contributed by atoms with E-state index in [1.807, 2.05) is 30.6 Å². The van der Waals surface area contributed by atoms with E-state index < -0.39 is 5.60 Å². The number of nitrogen functional groups attached to an aromatic ring is 2. The van der Waals surface area contributed by atoms with Crippen LogP contribution in [0, 0.1) is 11.6 Å². The van der Waals surface area contributed by atoms with Crippen LogP contribution in [0.15, 0.2) is 91.6 Å². The van der Waals surface area contributed by atoms with Crippen LogP contribution >= 0.6 is 22.7 Å². The maximum Gasteiger partial charge on any atom is 0.410 e. The normalized spacial score (nSPS) is 18.0. The average Bonchev–Trinajstić information content (AvgIpc) is 1.66. The molecule has 0 aliphatic carbocycles. The number of carbonyl (C=O) groups is 1. The van der Waals surface area contributed by atoms with Crippen molar-refractivity contribution in [3.63, 3.8) is 0 Å². The van der Waals surface area contributed by atoms with Crippen LogP contribution in [-0.2, 0) is 27.3 Å². The van der Waals surface area contributed by atoms with Crippen molar-refractivity contribution in [1.29, 1.82) is 0 Å². The molecule has 8 aromatic heterocycles. The minimum absolute atomic E-state index is 0.0328. The first kappa shape index (κ1) is 61.1. The number of hydrogen-bond donors (Lipinski definition) is 3. The number of hydrogen-bond acceptors (Lipinski definition) is 25. The van der Waals surface area contributed by atoms with E-state index in [9.17, 15) is 18.8 Å². The van der Waals surface area contributed by atoms with Crippen molar-refractivity contribution in [3.05, 3.63) is 104 Å². The Morgan fingerprint density at radius 1 is 0.637 bits per heavy atom. The fraction of sp³-hybridized carbons (Fsp3) is 0.441. The van der Waals surface area contributed by atoms with Gasteiger partial charge in [-0.15, -0.1) is 10.2 Å². The summed E-state index contributed by atoms with van der Waals surface area (Å²) < 4.78 is 76.9. The number of benzene rings is 2. The zero-order chi connectivity index (χ0) is 62.9. The van der Waals surface area contributed by atoms with E-state index in [1.165, 1.54) is 27.4 Å². The van der Waals surface area contributed by atoms with Crippen LogP contribution < -0.4 is 45.8 Å². The number of nitrogens with zero attached hydrogens (tertiary/aromatic N) is 15. The summed E-state index contributed by atoms with van der Waals surface area (Å²) >= 11 is 2.13. The van der Waals surface area contributed by atoms with Gasteiger partial charge in [0, 0.05) is 110 Å². The monoisotopic (exact) mass is 1290 g/mol. The number of morpholine rings is 2. The van der Waals surface area contributed by atoms with Crippen LogP contribution in [0.3, 0.4) is 0 Å². The molecule has 4 aliphatic rings. The molecule has 0 spiro atoms. The largest absolute Gasteiger partial charge is 0.491 e. The number of ether oxygens (including phenoxy) is 5. The van der Waals surface area contributed by atoms with Crippen molar-refractivity contribution in [2.45, 2.75) is 51.7 Å². The zero-order valence-electron chi connectivity index (χ0n) is 50.2. The van der Waals surface area contributed by atoms with Gasteiger partial charge in [-0.25, -0.2) is 23.5 Å². The van der Waals surface area contributed by atoms with E-state index in [0.29, 0.717) is 176 Å². The Labute approximate surface area is 526 Å². The van der Waals surface area contributed by atoms with Crippen LogP contribution in [0.2, 0.25) is 0 Å². The van der Waals surface area contributed by atoms with Gasteiger partial charge in [0.05, 0.1) is 43.7 Å². The van der Waals surface area contributed by atoms with Crippen LogP contribution in [-0.4, -0.2) is 205 Å². The Hall–Kier alpha value is -8.79. The Balaban J connectivity index is 0.000000168. The van der Waals surface area contributed by atoms with Gasteiger partial charge in [0.2, 0.25) is 23.5 Å². The maximum atomic E-state index is 15.3. The molecule has 480 valence electrons. The molecule has 2 unspecified atom stereocenters. The SMILES string of the molecule is CC(C)(C)OC(=O)N1CCOC(COc2ccc(N3CCN(CCn4c(=O)sc5c4nc(N)n4nc(-c6ccco6)nc54)CC3)c(F)c2)C1.Nc1nc2c(sc(=O)n2CCN2CCN(c3ccc(OCC4CNCCO4)cc3F)CC2)c2nc(-c3ccco3)nn12. The molecule has 1 amide bonds. The van der Waals surface area contributed by atoms with E-state index in [2.05, 4.69) is 45.2 Å². The molecule has 28 nitrogen and oxygen atoms in total. The molecule has 0 radical (unpaired) electrons. The molecule has 2 aromatic carbocycles. The van der Waals surface area contributed by atoms with Crippen molar-refractivity contribution in [3.8, 4) is 34.7 Å². The smallest absolute Gasteiger partial charge is 0.410 e. The molecule has 12 heterocycles. The maximum absolute atomic E-state index is 15.3. The molecule has 4 saturated heterocycles. The highest BCUT2D eigenvalue weighted by Crippen LogP contribution is 2.31. The predicted octanol–water partition coefficient (Wildman–Crippen LogP) is 4.99. The molecule has 4 aliphatic heterocycles. The van der Waals surface area contributed by atoms with Gasteiger partial charge in [0.1, 0.15) is 63.6 Å². The minimum Gasteiger partial charge on any atom is -0.491 e. The van der Waals surface area contributed by atoms with Crippen molar-refractivity contribution < 1.29 is 46.1 Å². The molecule has 5 N–H and O–H groups in total. The second-order valence-corrected chi connectivity index (χ2v) is 25.1. The number of rotatable bonds is 16. The zero-order valence-corrected chi connectivity index (χ0v) is 51.9. The Kier molecular flexibility index (Phi) is 17.6. The van der Waals surface area contributed by atoms with Gasteiger partial charge in [-0.1, -0.05) is 22.7 Å². The Bertz CT molecular complexity index is 4310. The highest BCUT2D eigenvalue weighted by molar-refractivity contribution is 7.17. The first-order valence-electron chi connectivity index (χ1n) is 30.0. The van der Waals surface area contributed by atoms with Crippen LogP contribution in [0.5, 0.6) is 11.5 Å². The summed E-state index contributed by atoms with van der Waals surface area (Å²) in [7, 11) is 0. The third-order valence-electron chi connectivity index (χ3n) is 15.9. The van der Waals surface area contributed by atoms with Gasteiger partial charge in [0.25, 0.3) is 0 Å². The molecule has 4 fully saturated rings. The van der Waals surface area contributed by atoms with Gasteiger partial charge in [-0.2, -0.15) is 19.0 Å². The van der Waals surface area contributed by atoms with E-state index in [0.717, 1.165) is 48.9 Å². The second-order valence-electron chi connectivity index (χ2n) is 23.2. The molecular formula is C59H68F2N18O10S2. The third kappa shape index (κ3) is 13.5. The van der Waals surface area contributed by atoms with Gasteiger partial charge in [-0.3, -0.25) is 28.5 Å². The number of thiazole rings is 2. The van der Waals surface area contributed by atoms with Crippen molar-refractivity contribution in [2.24, 2.45) is 0 Å². The summed E-state index contributed by atoms with van der Waals surface area (Å²) in [6.45, 7) is 16.9. The second kappa shape index (κ2) is 26.2. The number of fused-ring (bicyclic) bond motifs is 6. The fourth-order valence-electron chi connectivity index (χ4n) is 11.3. The van der Waals surface area contributed by atoms with Crippen LogP contribution in [0.25, 0.3) is 55.2 Å². The number of amides is 1. The van der Waals surface area contributed by atoms with Gasteiger partial charge >= 0.3 is 15.8 Å². The summed E-state index contributed by atoms with van der Waals surface area (Å²) in [5, 5.41) is 12.1. The van der Waals surface area contributed by atoms with Crippen LogP contribution in [0.1, 0.15) is 20.8 Å². The summed E-state index contributed by atoms with van der Waals surface area (Å²) in [5.74, 6) is 2.19. The molecular weight excluding hydrogens is 1220 g/mol. The average molecular weight is 1290 g/mol. The number of nitrogens with two attached hydrogens (primary N) is 2. The van der Waals surface area contributed by atoms with Crippen molar-refractivity contribution in [1.82, 2.24) is 68.3 Å². The summed E-state index contributed by atoms with van der Waals surface area (Å²) in [4.78, 5) is 66.4.